The molecule has 2 saturated carbocycles. The van der Waals surface area contributed by atoms with Crippen LogP contribution in [0.2, 0.25) is 0 Å². The predicted molar refractivity (Wildman–Crippen MR) is 104 cm³/mol. The molecule has 0 saturated heterocycles. The lowest BCUT2D eigenvalue weighted by molar-refractivity contribution is -0.142. The molecule has 2 fully saturated rings. The molecule has 1 aromatic carbocycles. The van der Waals surface area contributed by atoms with Crippen LogP contribution >= 0.6 is 11.6 Å². The zero-order chi connectivity index (χ0) is 18.5. The van der Waals surface area contributed by atoms with Crippen LogP contribution in [0, 0.1) is 6.92 Å². The van der Waals surface area contributed by atoms with Crippen LogP contribution in [0.1, 0.15) is 68.5 Å². The minimum absolute atomic E-state index is 0.0638. The fourth-order valence-corrected chi connectivity index (χ4v) is 4.49. The molecule has 0 spiro atoms. The van der Waals surface area contributed by atoms with Crippen LogP contribution in [0.15, 0.2) is 24.3 Å². The molecule has 2 aliphatic rings. The molecular weight excluding hydrogens is 348 g/mol. The van der Waals surface area contributed by atoms with E-state index in [0.717, 1.165) is 62.5 Å². The van der Waals surface area contributed by atoms with Crippen molar-refractivity contribution in [1.29, 1.82) is 0 Å². The molecule has 142 valence electrons. The zero-order valence-electron chi connectivity index (χ0n) is 15.5. The second-order valence-corrected chi connectivity index (χ2v) is 7.94. The Balaban J connectivity index is 1.92. The molecule has 5 heteroatoms. The first kappa shape index (κ1) is 19.2. The second kappa shape index (κ2) is 8.90. The van der Waals surface area contributed by atoms with E-state index in [-0.39, 0.29) is 29.8 Å². The molecule has 0 aliphatic heterocycles. The summed E-state index contributed by atoms with van der Waals surface area (Å²) in [7, 11) is 0. The molecule has 0 unspecified atom stereocenters. The predicted octanol–water partition coefficient (Wildman–Crippen LogP) is 4.10. The molecule has 1 N–H and O–H groups in total. The quantitative estimate of drug-likeness (QED) is 0.759. The first-order valence-corrected chi connectivity index (χ1v) is 10.4. The summed E-state index contributed by atoms with van der Waals surface area (Å²) >= 11 is 5.93. The average molecular weight is 377 g/mol. The summed E-state index contributed by atoms with van der Waals surface area (Å²) in [6.07, 6.45) is 8.46. The van der Waals surface area contributed by atoms with Crippen LogP contribution in [0.25, 0.3) is 0 Å². The summed E-state index contributed by atoms with van der Waals surface area (Å²) in [5.74, 6) is -0.299. The summed E-state index contributed by atoms with van der Waals surface area (Å²) in [5, 5.41) is 3.20. The minimum Gasteiger partial charge on any atom is -0.351 e. The Labute approximate surface area is 161 Å². The summed E-state index contributed by atoms with van der Waals surface area (Å²) in [5.41, 5.74) is 2.01. The van der Waals surface area contributed by atoms with Gasteiger partial charge in [0.25, 0.3) is 0 Å². The van der Waals surface area contributed by atoms with Crippen molar-refractivity contribution in [2.45, 2.75) is 76.4 Å². The molecule has 1 aromatic rings. The van der Waals surface area contributed by atoms with E-state index in [1.54, 1.807) is 4.90 Å². The van der Waals surface area contributed by atoms with E-state index in [9.17, 15) is 9.59 Å². The van der Waals surface area contributed by atoms with Gasteiger partial charge in [-0.25, -0.2) is 0 Å². The molecule has 2 amide bonds. The lowest BCUT2D eigenvalue weighted by Gasteiger charge is -2.36. The van der Waals surface area contributed by atoms with Gasteiger partial charge in [0.05, 0.1) is 0 Å². The second-order valence-electron chi connectivity index (χ2n) is 7.68. The van der Waals surface area contributed by atoms with Gasteiger partial charge in [0, 0.05) is 12.1 Å². The maximum atomic E-state index is 13.3. The Bertz CT molecular complexity index is 619. The number of amides is 2. The lowest BCUT2D eigenvalue weighted by atomic mass is 9.99. The molecule has 4 nitrogen and oxygen atoms in total. The zero-order valence-corrected chi connectivity index (χ0v) is 16.3. The van der Waals surface area contributed by atoms with Crippen molar-refractivity contribution in [2.24, 2.45) is 0 Å². The number of hydrogen-bond acceptors (Lipinski definition) is 2. The van der Waals surface area contributed by atoms with Gasteiger partial charge in [-0.1, -0.05) is 55.5 Å². The molecule has 2 aliphatic carbocycles. The SMILES string of the molecule is Cc1ccc([C@@H](C(=O)NC2CCCC2)N(C(=O)CCl)C2CCCC2)cc1. The van der Waals surface area contributed by atoms with Crippen molar-refractivity contribution in [2.75, 3.05) is 5.88 Å². The normalized spacial score (nSPS) is 19.5. The van der Waals surface area contributed by atoms with Crippen LogP contribution in [0.3, 0.4) is 0 Å². The summed E-state index contributed by atoms with van der Waals surface area (Å²) in [6, 6.07) is 7.68. The third-order valence-corrected chi connectivity index (χ3v) is 5.97. The van der Waals surface area contributed by atoms with Crippen molar-refractivity contribution >= 4 is 23.4 Å². The minimum atomic E-state index is -0.592. The van der Waals surface area contributed by atoms with E-state index in [2.05, 4.69) is 5.32 Å². The Morgan fingerprint density at radius 2 is 1.65 bits per heavy atom. The molecule has 0 bridgehead atoms. The number of carbonyl (C=O) groups is 2. The number of nitrogens with one attached hydrogen (secondary N) is 1. The molecule has 0 aromatic heterocycles. The molecular formula is C21H29ClN2O2. The molecule has 0 radical (unpaired) electrons. The van der Waals surface area contributed by atoms with Gasteiger partial charge in [-0.15, -0.1) is 11.6 Å². The highest BCUT2D eigenvalue weighted by molar-refractivity contribution is 6.27. The number of aryl methyl sites for hydroxylation is 1. The highest BCUT2D eigenvalue weighted by Gasteiger charge is 2.37. The van der Waals surface area contributed by atoms with Crippen molar-refractivity contribution in [3.8, 4) is 0 Å². The van der Waals surface area contributed by atoms with Gasteiger partial charge < -0.3 is 10.2 Å². The van der Waals surface area contributed by atoms with E-state index in [4.69, 9.17) is 11.6 Å². The summed E-state index contributed by atoms with van der Waals surface area (Å²) < 4.78 is 0. The van der Waals surface area contributed by atoms with Gasteiger partial charge in [0.2, 0.25) is 11.8 Å². The number of hydrogen-bond donors (Lipinski definition) is 1. The number of rotatable bonds is 6. The summed E-state index contributed by atoms with van der Waals surface area (Å²) in [6.45, 7) is 2.02. The van der Waals surface area contributed by atoms with Crippen LogP contribution in [0.5, 0.6) is 0 Å². The van der Waals surface area contributed by atoms with Crippen LogP contribution < -0.4 is 5.32 Å². The Kier molecular flexibility index (Phi) is 6.58. The third-order valence-electron chi connectivity index (χ3n) is 5.74. The smallest absolute Gasteiger partial charge is 0.247 e. The van der Waals surface area contributed by atoms with Gasteiger partial charge in [0.15, 0.2) is 0 Å². The largest absolute Gasteiger partial charge is 0.351 e. The van der Waals surface area contributed by atoms with Gasteiger partial charge >= 0.3 is 0 Å². The van der Waals surface area contributed by atoms with E-state index >= 15 is 0 Å². The fraction of sp³-hybridized carbons (Fsp3) is 0.619. The van der Waals surface area contributed by atoms with Gasteiger partial charge in [-0.3, -0.25) is 9.59 Å². The van der Waals surface area contributed by atoms with Crippen LogP contribution in [0.4, 0.5) is 0 Å². The van der Waals surface area contributed by atoms with E-state index in [1.807, 2.05) is 31.2 Å². The standard InChI is InChI=1S/C21H29ClN2O2/c1-15-10-12-16(13-11-15)20(21(26)23-17-6-2-3-7-17)24(19(25)14-22)18-8-4-5-9-18/h10-13,17-18,20H,2-9,14H2,1H3,(H,23,26)/t20-/m0/s1. The number of benzene rings is 1. The average Bonchev–Trinajstić information content (AvgIpc) is 3.34. The molecule has 26 heavy (non-hydrogen) atoms. The van der Waals surface area contributed by atoms with Gasteiger partial charge in [0.1, 0.15) is 11.9 Å². The van der Waals surface area contributed by atoms with Crippen LogP contribution in [-0.2, 0) is 9.59 Å². The van der Waals surface area contributed by atoms with Crippen molar-refractivity contribution in [3.05, 3.63) is 35.4 Å². The monoisotopic (exact) mass is 376 g/mol. The number of alkyl halides is 1. The maximum absolute atomic E-state index is 13.3. The van der Waals surface area contributed by atoms with Gasteiger partial charge in [-0.05, 0) is 38.2 Å². The Morgan fingerprint density at radius 1 is 1.08 bits per heavy atom. The molecule has 3 rings (SSSR count). The number of carbonyl (C=O) groups excluding carboxylic acids is 2. The Morgan fingerprint density at radius 3 is 2.23 bits per heavy atom. The topological polar surface area (TPSA) is 49.4 Å². The lowest BCUT2D eigenvalue weighted by Crippen LogP contribution is -2.50. The van der Waals surface area contributed by atoms with E-state index in [0.29, 0.717) is 0 Å². The number of halogens is 1. The molecule has 1 atom stereocenters. The first-order chi connectivity index (χ1) is 12.6. The summed E-state index contributed by atoms with van der Waals surface area (Å²) in [4.78, 5) is 27.8. The van der Waals surface area contributed by atoms with Crippen molar-refractivity contribution < 1.29 is 9.59 Å². The maximum Gasteiger partial charge on any atom is 0.247 e. The van der Waals surface area contributed by atoms with Crippen molar-refractivity contribution in [3.63, 3.8) is 0 Å². The highest BCUT2D eigenvalue weighted by Crippen LogP contribution is 2.32. The van der Waals surface area contributed by atoms with E-state index in [1.165, 1.54) is 0 Å². The Hall–Kier alpha value is -1.55. The highest BCUT2D eigenvalue weighted by atomic mass is 35.5. The third kappa shape index (κ3) is 4.40. The first-order valence-electron chi connectivity index (χ1n) is 9.84. The number of nitrogens with zero attached hydrogens (tertiary/aromatic N) is 1. The van der Waals surface area contributed by atoms with Gasteiger partial charge in [-0.2, -0.15) is 0 Å². The van der Waals surface area contributed by atoms with Crippen LogP contribution in [-0.4, -0.2) is 34.7 Å². The molecule has 0 heterocycles. The van der Waals surface area contributed by atoms with Crippen molar-refractivity contribution in [1.82, 2.24) is 10.2 Å². The fourth-order valence-electron chi connectivity index (χ4n) is 4.35. The van der Waals surface area contributed by atoms with E-state index < -0.39 is 6.04 Å².